The maximum absolute atomic E-state index is 12.4. The second-order valence-electron chi connectivity index (χ2n) is 8.75. The van der Waals surface area contributed by atoms with E-state index in [4.69, 9.17) is 5.73 Å². The number of nitrogens with zero attached hydrogens (tertiary/aromatic N) is 2. The van der Waals surface area contributed by atoms with Crippen LogP contribution >= 0.6 is 0 Å². The topological polar surface area (TPSA) is 126 Å². The van der Waals surface area contributed by atoms with Gasteiger partial charge in [0.2, 0.25) is 0 Å². The van der Waals surface area contributed by atoms with Gasteiger partial charge >= 0.3 is 0 Å². The molecule has 1 aliphatic carbocycles. The Morgan fingerprint density at radius 1 is 1.00 bits per heavy atom. The number of aromatic amines is 1. The van der Waals surface area contributed by atoms with Crippen LogP contribution in [0.5, 0.6) is 0 Å². The van der Waals surface area contributed by atoms with Crippen LogP contribution in [0.1, 0.15) is 68.0 Å². The maximum atomic E-state index is 12.4. The third-order valence-corrected chi connectivity index (χ3v) is 6.40. The zero-order valence-corrected chi connectivity index (χ0v) is 19.5. The van der Waals surface area contributed by atoms with Crippen LogP contribution < -0.4 is 16.4 Å². The molecule has 0 bridgehead atoms. The van der Waals surface area contributed by atoms with E-state index < -0.39 is 5.41 Å². The number of amides is 2. The molecule has 0 unspecified atom stereocenters. The molecule has 33 heavy (non-hydrogen) atoms. The number of fused-ring (bicyclic) bond motifs is 2. The zero-order valence-electron chi connectivity index (χ0n) is 19.5. The monoisotopic (exact) mass is 446 g/mol. The molecule has 0 saturated heterocycles. The average Bonchev–Trinajstić information content (AvgIpc) is 3.21. The van der Waals surface area contributed by atoms with Gasteiger partial charge in [-0.25, -0.2) is 0 Å². The number of carbonyl (C=O) groups is 2. The summed E-state index contributed by atoms with van der Waals surface area (Å²) < 4.78 is 0. The molecule has 8 heteroatoms. The van der Waals surface area contributed by atoms with Crippen LogP contribution in [-0.4, -0.2) is 47.1 Å². The Morgan fingerprint density at radius 3 is 1.91 bits per heavy atom. The van der Waals surface area contributed by atoms with Crippen molar-refractivity contribution in [2.75, 3.05) is 14.1 Å². The van der Waals surface area contributed by atoms with Gasteiger partial charge in [-0.3, -0.25) is 9.59 Å². The minimum atomic E-state index is -0.695. The third kappa shape index (κ3) is 3.91. The Bertz CT molecular complexity index is 1150. The van der Waals surface area contributed by atoms with E-state index in [1.165, 1.54) is 0 Å². The quantitative estimate of drug-likeness (QED) is 0.477. The highest BCUT2D eigenvalue weighted by Gasteiger charge is 2.44. The third-order valence-electron chi connectivity index (χ3n) is 6.40. The summed E-state index contributed by atoms with van der Waals surface area (Å²) in [6.45, 7) is 3.85. The summed E-state index contributed by atoms with van der Waals surface area (Å²) in [6, 6.07) is 11.5. The summed E-state index contributed by atoms with van der Waals surface area (Å²) in [5.41, 5.74) is 11.2. The molecule has 1 aliphatic rings. The number of hydrogen-bond donors (Lipinski definition) is 4. The molecule has 0 radical (unpaired) electrons. The molecule has 2 aromatic carbocycles. The van der Waals surface area contributed by atoms with Gasteiger partial charge in [0.1, 0.15) is 11.6 Å². The van der Waals surface area contributed by atoms with E-state index in [1.54, 1.807) is 14.1 Å². The Balaban J connectivity index is 2.04. The highest BCUT2D eigenvalue weighted by Crippen LogP contribution is 2.46. The van der Waals surface area contributed by atoms with Crippen LogP contribution in [0.3, 0.4) is 0 Å². The number of aryl methyl sites for hydroxylation is 3. The number of carbonyl (C=O) groups excluding carboxylic acids is 2. The first-order valence-corrected chi connectivity index (χ1v) is 11.2. The van der Waals surface area contributed by atoms with E-state index >= 15 is 0 Å². The van der Waals surface area contributed by atoms with Gasteiger partial charge < -0.3 is 21.4 Å². The van der Waals surface area contributed by atoms with E-state index in [2.05, 4.69) is 25.8 Å². The van der Waals surface area contributed by atoms with Gasteiger partial charge in [-0.05, 0) is 79.6 Å². The number of nitrogens with one attached hydrogen (secondary N) is 3. The lowest BCUT2D eigenvalue weighted by Crippen LogP contribution is -2.38. The Labute approximate surface area is 193 Å². The van der Waals surface area contributed by atoms with E-state index in [0.717, 1.165) is 35.1 Å². The number of aromatic nitrogens is 3. The fourth-order valence-corrected chi connectivity index (χ4v) is 5.01. The van der Waals surface area contributed by atoms with Crippen LogP contribution in [0.15, 0.2) is 36.4 Å². The molecular weight excluding hydrogens is 416 g/mol. The van der Waals surface area contributed by atoms with Crippen molar-refractivity contribution in [1.29, 1.82) is 0 Å². The SMILES string of the molecule is CNC(=O)c1ccc2c(c1)CCc1cc(C(=O)NC)ccc1C2(C[C@H](C)N)c1nnc(C)[nH]1. The summed E-state index contributed by atoms with van der Waals surface area (Å²) >= 11 is 0. The molecule has 1 heterocycles. The Hall–Kier alpha value is -3.52. The number of H-pyrrole nitrogens is 1. The molecule has 8 nitrogen and oxygen atoms in total. The van der Waals surface area contributed by atoms with Crippen LogP contribution in [0.4, 0.5) is 0 Å². The van der Waals surface area contributed by atoms with Crippen LogP contribution in [0.2, 0.25) is 0 Å². The lowest BCUT2D eigenvalue weighted by molar-refractivity contribution is 0.0955. The average molecular weight is 447 g/mol. The fourth-order valence-electron chi connectivity index (χ4n) is 5.01. The highest BCUT2D eigenvalue weighted by atomic mass is 16.2. The first-order chi connectivity index (χ1) is 15.8. The van der Waals surface area contributed by atoms with Gasteiger partial charge in [0, 0.05) is 31.3 Å². The van der Waals surface area contributed by atoms with Crippen LogP contribution in [0, 0.1) is 6.92 Å². The van der Waals surface area contributed by atoms with Crippen molar-refractivity contribution >= 4 is 11.8 Å². The van der Waals surface area contributed by atoms with Gasteiger partial charge in [0.15, 0.2) is 0 Å². The molecule has 5 N–H and O–H groups in total. The predicted molar refractivity (Wildman–Crippen MR) is 126 cm³/mol. The number of rotatable bonds is 5. The maximum Gasteiger partial charge on any atom is 0.251 e. The molecule has 0 saturated carbocycles. The summed E-state index contributed by atoms with van der Waals surface area (Å²) in [5.74, 6) is 1.16. The molecular formula is C25H30N6O2. The van der Waals surface area contributed by atoms with Crippen molar-refractivity contribution in [3.05, 3.63) is 81.4 Å². The van der Waals surface area contributed by atoms with E-state index in [-0.39, 0.29) is 17.9 Å². The molecule has 172 valence electrons. The van der Waals surface area contributed by atoms with E-state index in [9.17, 15) is 9.59 Å². The van der Waals surface area contributed by atoms with Crippen molar-refractivity contribution in [2.24, 2.45) is 5.73 Å². The summed E-state index contributed by atoms with van der Waals surface area (Å²) in [5, 5.41) is 14.2. The highest BCUT2D eigenvalue weighted by molar-refractivity contribution is 5.95. The van der Waals surface area contributed by atoms with Gasteiger partial charge in [-0.2, -0.15) is 0 Å². The normalized spacial score (nSPS) is 15.1. The van der Waals surface area contributed by atoms with E-state index in [0.29, 0.717) is 29.2 Å². The lowest BCUT2D eigenvalue weighted by Gasteiger charge is -2.36. The van der Waals surface area contributed by atoms with Crippen molar-refractivity contribution < 1.29 is 9.59 Å². The summed E-state index contributed by atoms with van der Waals surface area (Å²) in [4.78, 5) is 28.1. The first-order valence-electron chi connectivity index (χ1n) is 11.2. The molecule has 1 aromatic heterocycles. The second-order valence-corrected chi connectivity index (χ2v) is 8.75. The smallest absolute Gasteiger partial charge is 0.251 e. The second kappa shape index (κ2) is 8.78. The van der Waals surface area contributed by atoms with Gasteiger partial charge in [-0.15, -0.1) is 10.2 Å². The first kappa shape index (κ1) is 22.7. The van der Waals surface area contributed by atoms with E-state index in [1.807, 2.05) is 50.2 Å². The van der Waals surface area contributed by atoms with Crippen LogP contribution in [0.25, 0.3) is 0 Å². The minimum Gasteiger partial charge on any atom is -0.355 e. The minimum absolute atomic E-state index is 0.130. The standard InChI is InChI=1S/C25H30N6O2/c1-14(26)13-25(24-29-15(2)30-31-24)20-9-7-18(22(32)27-3)11-16(20)5-6-17-12-19(23(33)28-4)8-10-21(17)25/h7-12,14H,5-6,13,26H2,1-4H3,(H,27,32)(H,28,33)(H,29,30,31)/t14-/m0/s1. The largest absolute Gasteiger partial charge is 0.355 e. The molecule has 4 rings (SSSR count). The molecule has 1 atom stereocenters. The molecule has 0 spiro atoms. The Morgan fingerprint density at radius 2 is 1.52 bits per heavy atom. The number of hydrogen-bond acceptors (Lipinski definition) is 5. The summed E-state index contributed by atoms with van der Waals surface area (Å²) in [7, 11) is 3.25. The van der Waals surface area contributed by atoms with Crippen molar-refractivity contribution in [1.82, 2.24) is 25.8 Å². The molecule has 0 fully saturated rings. The molecule has 0 aliphatic heterocycles. The molecule has 2 amide bonds. The van der Waals surface area contributed by atoms with Crippen molar-refractivity contribution in [3.63, 3.8) is 0 Å². The number of benzene rings is 2. The van der Waals surface area contributed by atoms with Gasteiger partial charge in [0.05, 0.1) is 5.41 Å². The zero-order chi connectivity index (χ0) is 23.8. The van der Waals surface area contributed by atoms with Gasteiger partial charge in [-0.1, -0.05) is 12.1 Å². The summed E-state index contributed by atoms with van der Waals surface area (Å²) in [6.07, 6.45) is 2.02. The van der Waals surface area contributed by atoms with Crippen molar-refractivity contribution in [3.8, 4) is 0 Å². The number of nitrogens with two attached hydrogens (primary N) is 1. The van der Waals surface area contributed by atoms with Crippen molar-refractivity contribution in [2.45, 2.75) is 44.6 Å². The Kier molecular flexibility index (Phi) is 6.03. The molecule has 3 aromatic rings. The predicted octanol–water partition coefficient (Wildman–Crippen LogP) is 2.00. The van der Waals surface area contributed by atoms with Crippen LogP contribution in [-0.2, 0) is 18.3 Å². The fraction of sp³-hybridized carbons (Fsp3) is 0.360. The van der Waals surface area contributed by atoms with Gasteiger partial charge in [0.25, 0.3) is 11.8 Å². The lowest BCUT2D eigenvalue weighted by atomic mass is 9.68.